The highest BCUT2D eigenvalue weighted by Crippen LogP contribution is 2.14. The summed E-state index contributed by atoms with van der Waals surface area (Å²) in [7, 11) is 0. The molecule has 34 heavy (non-hydrogen) atoms. The second-order valence-electron chi connectivity index (χ2n) is 8.14. The molecule has 0 radical (unpaired) electrons. The zero-order valence-corrected chi connectivity index (χ0v) is 19.8. The van der Waals surface area contributed by atoms with Crippen LogP contribution in [0.15, 0.2) is 30.3 Å². The van der Waals surface area contributed by atoms with Crippen molar-refractivity contribution < 1.29 is 29.1 Å². The maximum Gasteiger partial charge on any atom is 0.326 e. The Morgan fingerprint density at radius 2 is 1.62 bits per heavy atom. The first-order valence-corrected chi connectivity index (χ1v) is 11.2. The first-order chi connectivity index (χ1) is 16.0. The van der Waals surface area contributed by atoms with Crippen molar-refractivity contribution in [2.24, 2.45) is 11.5 Å². The summed E-state index contributed by atoms with van der Waals surface area (Å²) < 4.78 is 0. The van der Waals surface area contributed by atoms with Gasteiger partial charge in [0.25, 0.3) is 5.91 Å². The average molecular weight is 478 g/mol. The number of hydrogen-bond donors (Lipinski definition) is 5. The first-order valence-electron chi connectivity index (χ1n) is 11.2. The topological polar surface area (TPSA) is 185 Å². The standard InChI is InChI=1S/C23H35N5O6/c1-14(25)20(30)26-15(2)21(31)27-18(13-17-9-5-4-6-10-17)22(32)28(16(3)29)19(23(33)34)11-7-8-12-24/h4-6,9-10,14-15,18-19H,7-8,11-13,24-25H2,1-3H3,(H,26,30)(H,27,31)(H,33,34)/t14-,15-,18-,19-/m0/s1. The van der Waals surface area contributed by atoms with Crippen molar-refractivity contribution in [3.05, 3.63) is 35.9 Å². The molecule has 11 heteroatoms. The smallest absolute Gasteiger partial charge is 0.326 e. The maximum atomic E-state index is 13.5. The highest BCUT2D eigenvalue weighted by atomic mass is 16.4. The zero-order chi connectivity index (χ0) is 25.8. The molecule has 4 amide bonds. The van der Waals surface area contributed by atoms with Gasteiger partial charge in [0.2, 0.25) is 17.7 Å². The molecule has 1 aromatic rings. The van der Waals surface area contributed by atoms with Crippen LogP contribution < -0.4 is 22.1 Å². The molecule has 11 nitrogen and oxygen atoms in total. The number of carboxylic acids is 1. The number of carbonyl (C=O) groups excluding carboxylic acids is 4. The minimum absolute atomic E-state index is 0.0122. The highest BCUT2D eigenvalue weighted by molar-refractivity contribution is 6.02. The molecule has 0 saturated carbocycles. The summed E-state index contributed by atoms with van der Waals surface area (Å²) in [6, 6.07) is 4.25. The summed E-state index contributed by atoms with van der Waals surface area (Å²) >= 11 is 0. The number of hydrogen-bond acceptors (Lipinski definition) is 7. The van der Waals surface area contributed by atoms with Gasteiger partial charge in [0.1, 0.15) is 18.1 Å². The molecule has 4 atom stereocenters. The Hall–Kier alpha value is -3.31. The average Bonchev–Trinajstić information content (AvgIpc) is 2.77. The lowest BCUT2D eigenvalue weighted by Gasteiger charge is -2.31. The van der Waals surface area contributed by atoms with Crippen LogP contribution in [0.1, 0.15) is 45.6 Å². The Morgan fingerprint density at radius 1 is 1.00 bits per heavy atom. The van der Waals surface area contributed by atoms with Crippen LogP contribution in [0.4, 0.5) is 0 Å². The van der Waals surface area contributed by atoms with Crippen LogP contribution in [-0.4, -0.2) is 70.3 Å². The molecule has 1 rings (SSSR count). The Morgan fingerprint density at radius 3 is 2.12 bits per heavy atom. The number of carbonyl (C=O) groups is 5. The lowest BCUT2D eigenvalue weighted by Crippen LogP contribution is -2.58. The Labute approximate surface area is 199 Å². The van der Waals surface area contributed by atoms with Crippen LogP contribution >= 0.6 is 0 Å². The number of nitrogens with zero attached hydrogens (tertiary/aromatic N) is 1. The molecular weight excluding hydrogens is 442 g/mol. The fourth-order valence-electron chi connectivity index (χ4n) is 3.30. The van der Waals surface area contributed by atoms with E-state index in [1.54, 1.807) is 30.3 Å². The van der Waals surface area contributed by atoms with E-state index in [9.17, 15) is 29.1 Å². The van der Waals surface area contributed by atoms with Gasteiger partial charge >= 0.3 is 5.97 Å². The number of carboxylic acid groups (broad SMARTS) is 1. The highest BCUT2D eigenvalue weighted by Gasteiger charge is 2.37. The van der Waals surface area contributed by atoms with Crippen LogP contribution in [0.3, 0.4) is 0 Å². The van der Waals surface area contributed by atoms with Gasteiger partial charge in [0.05, 0.1) is 6.04 Å². The largest absolute Gasteiger partial charge is 0.480 e. The summed E-state index contributed by atoms with van der Waals surface area (Å²) in [4.78, 5) is 63.0. The van der Waals surface area contributed by atoms with Gasteiger partial charge in [-0.1, -0.05) is 30.3 Å². The second-order valence-corrected chi connectivity index (χ2v) is 8.14. The van der Waals surface area contributed by atoms with E-state index in [1.807, 2.05) is 0 Å². The normalized spacial score (nSPS) is 14.3. The van der Waals surface area contributed by atoms with E-state index in [0.29, 0.717) is 29.8 Å². The van der Waals surface area contributed by atoms with Crippen LogP contribution in [0.5, 0.6) is 0 Å². The first kappa shape index (κ1) is 28.7. The summed E-state index contributed by atoms with van der Waals surface area (Å²) in [6.07, 6.45) is 0.980. The van der Waals surface area contributed by atoms with Crippen molar-refractivity contribution in [1.29, 1.82) is 0 Å². The van der Waals surface area contributed by atoms with E-state index in [4.69, 9.17) is 11.5 Å². The van der Waals surface area contributed by atoms with Crippen molar-refractivity contribution in [3.63, 3.8) is 0 Å². The maximum absolute atomic E-state index is 13.5. The van der Waals surface area contributed by atoms with Gasteiger partial charge in [-0.15, -0.1) is 0 Å². The molecule has 0 heterocycles. The third-order valence-corrected chi connectivity index (χ3v) is 5.17. The van der Waals surface area contributed by atoms with Crippen molar-refractivity contribution in [3.8, 4) is 0 Å². The Balaban J connectivity index is 3.22. The van der Waals surface area contributed by atoms with Gasteiger partial charge in [0.15, 0.2) is 0 Å². The monoisotopic (exact) mass is 477 g/mol. The van der Waals surface area contributed by atoms with Gasteiger partial charge in [-0.05, 0) is 45.2 Å². The summed E-state index contributed by atoms with van der Waals surface area (Å²) in [6.45, 7) is 4.33. The van der Waals surface area contributed by atoms with Crippen LogP contribution in [0.25, 0.3) is 0 Å². The Kier molecular flexibility index (Phi) is 11.9. The van der Waals surface area contributed by atoms with E-state index in [0.717, 1.165) is 6.92 Å². The van der Waals surface area contributed by atoms with Gasteiger partial charge in [-0.3, -0.25) is 24.1 Å². The van der Waals surface area contributed by atoms with E-state index in [1.165, 1.54) is 13.8 Å². The third-order valence-electron chi connectivity index (χ3n) is 5.17. The quantitative estimate of drug-likeness (QED) is 0.236. The van der Waals surface area contributed by atoms with E-state index >= 15 is 0 Å². The van der Waals surface area contributed by atoms with Crippen LogP contribution in [0, 0.1) is 0 Å². The molecule has 0 bridgehead atoms. The van der Waals surface area contributed by atoms with E-state index in [-0.39, 0.29) is 12.8 Å². The number of nitrogens with one attached hydrogen (secondary N) is 2. The number of imide groups is 1. The van der Waals surface area contributed by atoms with E-state index in [2.05, 4.69) is 10.6 Å². The summed E-state index contributed by atoms with van der Waals surface area (Å²) in [5, 5.41) is 14.7. The third kappa shape index (κ3) is 8.91. The minimum atomic E-state index is -1.40. The van der Waals surface area contributed by atoms with Crippen molar-refractivity contribution in [2.75, 3.05) is 6.54 Å². The molecule has 0 saturated heterocycles. The Bertz CT molecular complexity index is 861. The van der Waals surface area contributed by atoms with E-state index < -0.39 is 53.8 Å². The van der Waals surface area contributed by atoms with Crippen molar-refractivity contribution in [1.82, 2.24) is 15.5 Å². The molecule has 0 spiro atoms. The molecule has 0 aliphatic carbocycles. The number of unbranched alkanes of at least 4 members (excludes halogenated alkanes) is 1. The molecule has 0 aliphatic rings. The number of benzene rings is 1. The predicted molar refractivity (Wildman–Crippen MR) is 125 cm³/mol. The molecule has 0 unspecified atom stereocenters. The number of aliphatic carboxylic acids is 1. The fourth-order valence-corrected chi connectivity index (χ4v) is 3.30. The SMILES string of the molecule is CC(=O)N(C(=O)[C@H](Cc1ccccc1)NC(=O)[C@H](C)NC(=O)[C@H](C)N)[C@@H](CCCCN)C(=O)O. The fraction of sp³-hybridized carbons (Fsp3) is 0.522. The lowest BCUT2D eigenvalue weighted by molar-refractivity contribution is -0.159. The zero-order valence-electron chi connectivity index (χ0n) is 19.8. The summed E-state index contributed by atoms with van der Waals surface area (Å²) in [5.74, 6) is -4.17. The second kappa shape index (κ2) is 14.1. The number of amides is 4. The minimum Gasteiger partial charge on any atom is -0.480 e. The van der Waals surface area contributed by atoms with Gasteiger partial charge in [0, 0.05) is 13.3 Å². The molecule has 0 aromatic heterocycles. The lowest BCUT2D eigenvalue weighted by atomic mass is 10.0. The molecular formula is C23H35N5O6. The number of nitrogens with two attached hydrogens (primary N) is 2. The van der Waals surface area contributed by atoms with Crippen LogP contribution in [-0.2, 0) is 30.4 Å². The molecule has 188 valence electrons. The van der Waals surface area contributed by atoms with Gasteiger partial charge in [-0.2, -0.15) is 0 Å². The molecule has 1 aromatic carbocycles. The van der Waals surface area contributed by atoms with Gasteiger partial charge in [-0.25, -0.2) is 4.79 Å². The molecule has 0 aliphatic heterocycles. The summed E-state index contributed by atoms with van der Waals surface area (Å²) in [5.41, 5.74) is 11.7. The van der Waals surface area contributed by atoms with Crippen molar-refractivity contribution >= 4 is 29.6 Å². The van der Waals surface area contributed by atoms with Crippen LogP contribution in [0.2, 0.25) is 0 Å². The molecule has 7 N–H and O–H groups in total. The number of rotatable bonds is 13. The van der Waals surface area contributed by atoms with Crippen molar-refractivity contribution in [2.45, 2.75) is 70.6 Å². The molecule has 0 fully saturated rings. The predicted octanol–water partition coefficient (Wildman–Crippen LogP) is -0.477. The van der Waals surface area contributed by atoms with Gasteiger partial charge < -0.3 is 27.2 Å².